The van der Waals surface area contributed by atoms with E-state index in [1.807, 2.05) is 0 Å². The number of aromatic nitrogens is 1. The van der Waals surface area contributed by atoms with E-state index in [9.17, 15) is 0 Å². The van der Waals surface area contributed by atoms with Crippen LogP contribution in [0.1, 0.15) is 64.4 Å². The first kappa shape index (κ1) is 20.2. The SMILES string of the molecule is CCCNC(=S)Nc1ccc2[nH]cc(C3CCN(C(C)CCC)CC3)c2c1. The fourth-order valence-electron chi connectivity index (χ4n) is 4.22. The lowest BCUT2D eigenvalue weighted by Gasteiger charge is -2.36. The number of rotatable bonds is 7. The molecule has 1 aliphatic heterocycles. The minimum atomic E-state index is 0.643. The number of aromatic amines is 1. The number of hydrogen-bond donors (Lipinski definition) is 3. The molecule has 1 fully saturated rings. The van der Waals surface area contributed by atoms with Crippen molar-refractivity contribution in [3.05, 3.63) is 30.0 Å². The molecule has 0 bridgehead atoms. The van der Waals surface area contributed by atoms with Crippen LogP contribution in [0.25, 0.3) is 10.9 Å². The van der Waals surface area contributed by atoms with Crippen LogP contribution < -0.4 is 10.6 Å². The monoisotopic (exact) mass is 386 g/mol. The van der Waals surface area contributed by atoms with Crippen LogP contribution in [0.15, 0.2) is 24.4 Å². The molecule has 0 saturated carbocycles. The van der Waals surface area contributed by atoms with E-state index < -0.39 is 0 Å². The van der Waals surface area contributed by atoms with Gasteiger partial charge in [0.05, 0.1) is 0 Å². The highest BCUT2D eigenvalue weighted by atomic mass is 32.1. The van der Waals surface area contributed by atoms with Gasteiger partial charge in [-0.25, -0.2) is 0 Å². The number of hydrogen-bond acceptors (Lipinski definition) is 2. The molecule has 0 amide bonds. The molecule has 2 aromatic rings. The number of fused-ring (bicyclic) bond motifs is 1. The summed E-state index contributed by atoms with van der Waals surface area (Å²) in [6.07, 6.45) is 8.35. The third-order valence-electron chi connectivity index (χ3n) is 5.81. The first-order chi connectivity index (χ1) is 13.1. The molecule has 1 aromatic heterocycles. The van der Waals surface area contributed by atoms with Crippen molar-refractivity contribution in [2.45, 2.75) is 64.8 Å². The van der Waals surface area contributed by atoms with Gasteiger partial charge in [-0.15, -0.1) is 0 Å². The van der Waals surface area contributed by atoms with Gasteiger partial charge in [-0.2, -0.15) is 0 Å². The molecule has 1 saturated heterocycles. The topological polar surface area (TPSA) is 43.1 Å². The minimum Gasteiger partial charge on any atom is -0.362 e. The molecular weight excluding hydrogens is 352 g/mol. The number of nitrogens with one attached hydrogen (secondary N) is 3. The van der Waals surface area contributed by atoms with Crippen LogP contribution in [0, 0.1) is 0 Å². The second-order valence-electron chi connectivity index (χ2n) is 7.83. The van der Waals surface area contributed by atoms with Gasteiger partial charge in [0.1, 0.15) is 0 Å². The zero-order valence-electron chi connectivity index (χ0n) is 17.0. The Kier molecular flexibility index (Phi) is 7.13. The van der Waals surface area contributed by atoms with Crippen LogP contribution in [0.2, 0.25) is 0 Å². The van der Waals surface area contributed by atoms with Crippen LogP contribution in [0.5, 0.6) is 0 Å². The zero-order valence-corrected chi connectivity index (χ0v) is 17.8. The molecular formula is C22H34N4S. The summed E-state index contributed by atoms with van der Waals surface area (Å²) in [5.74, 6) is 0.643. The Morgan fingerprint density at radius 2 is 2.04 bits per heavy atom. The molecule has 4 nitrogen and oxygen atoms in total. The van der Waals surface area contributed by atoms with Gasteiger partial charge in [0.2, 0.25) is 0 Å². The van der Waals surface area contributed by atoms with E-state index in [-0.39, 0.29) is 0 Å². The Bertz CT molecular complexity index is 746. The molecule has 148 valence electrons. The average molecular weight is 387 g/mol. The van der Waals surface area contributed by atoms with Gasteiger partial charge in [0.15, 0.2) is 5.11 Å². The quantitative estimate of drug-likeness (QED) is 0.570. The van der Waals surface area contributed by atoms with Crippen molar-refractivity contribution in [3.63, 3.8) is 0 Å². The summed E-state index contributed by atoms with van der Waals surface area (Å²) >= 11 is 5.38. The summed E-state index contributed by atoms with van der Waals surface area (Å²) < 4.78 is 0. The van der Waals surface area contributed by atoms with E-state index in [1.165, 1.54) is 55.2 Å². The zero-order chi connectivity index (χ0) is 19.2. The number of H-pyrrole nitrogens is 1. The Morgan fingerprint density at radius 1 is 1.26 bits per heavy atom. The molecule has 0 spiro atoms. The number of piperidine rings is 1. The number of benzene rings is 1. The normalized spacial score (nSPS) is 17.1. The van der Waals surface area contributed by atoms with Gasteiger partial charge < -0.3 is 20.5 Å². The predicted molar refractivity (Wildman–Crippen MR) is 121 cm³/mol. The fourth-order valence-corrected chi connectivity index (χ4v) is 4.44. The van der Waals surface area contributed by atoms with Crippen molar-refractivity contribution in [1.29, 1.82) is 0 Å². The third-order valence-corrected chi connectivity index (χ3v) is 6.05. The van der Waals surface area contributed by atoms with Gasteiger partial charge in [0, 0.05) is 35.4 Å². The fraction of sp³-hybridized carbons (Fsp3) is 0.591. The molecule has 2 heterocycles. The Labute approximate surface area is 169 Å². The Morgan fingerprint density at radius 3 is 2.74 bits per heavy atom. The summed E-state index contributed by atoms with van der Waals surface area (Å²) in [7, 11) is 0. The van der Waals surface area contributed by atoms with Gasteiger partial charge in [-0.05, 0) is 87.6 Å². The van der Waals surface area contributed by atoms with Crippen molar-refractivity contribution < 1.29 is 0 Å². The highest BCUT2D eigenvalue weighted by Gasteiger charge is 2.25. The predicted octanol–water partition coefficient (Wildman–Crippen LogP) is 5.23. The maximum Gasteiger partial charge on any atom is 0.170 e. The number of thiocarbonyl (C=S) groups is 1. The van der Waals surface area contributed by atoms with Gasteiger partial charge >= 0.3 is 0 Å². The van der Waals surface area contributed by atoms with Gasteiger partial charge in [0.25, 0.3) is 0 Å². The molecule has 3 rings (SSSR count). The lowest BCUT2D eigenvalue weighted by molar-refractivity contribution is 0.155. The van der Waals surface area contributed by atoms with E-state index in [2.05, 4.69) is 65.7 Å². The summed E-state index contributed by atoms with van der Waals surface area (Å²) in [5, 5.41) is 8.59. The average Bonchev–Trinajstić information content (AvgIpc) is 3.10. The molecule has 1 aliphatic rings. The van der Waals surface area contributed by atoms with E-state index in [1.54, 1.807) is 0 Å². The molecule has 3 N–H and O–H groups in total. The molecule has 1 unspecified atom stereocenters. The molecule has 1 atom stereocenters. The standard InChI is InChI=1S/C22H34N4S/c1-4-6-16(3)26-12-9-17(10-13-26)20-15-24-21-8-7-18(14-19(20)21)25-22(27)23-11-5-2/h7-8,14-17,24H,4-6,9-13H2,1-3H3,(H2,23,25,27). The summed E-state index contributed by atoms with van der Waals surface area (Å²) in [4.78, 5) is 6.13. The van der Waals surface area contributed by atoms with Crippen molar-refractivity contribution in [2.24, 2.45) is 0 Å². The molecule has 5 heteroatoms. The van der Waals surface area contributed by atoms with E-state index in [0.717, 1.165) is 18.7 Å². The number of anilines is 1. The van der Waals surface area contributed by atoms with Crippen LogP contribution in [0.4, 0.5) is 5.69 Å². The second-order valence-corrected chi connectivity index (χ2v) is 8.24. The van der Waals surface area contributed by atoms with Crippen LogP contribution >= 0.6 is 12.2 Å². The summed E-state index contributed by atoms with van der Waals surface area (Å²) in [6, 6.07) is 7.21. The Hall–Kier alpha value is -1.59. The van der Waals surface area contributed by atoms with Gasteiger partial charge in [-0.3, -0.25) is 0 Å². The van der Waals surface area contributed by atoms with Crippen molar-refractivity contribution in [2.75, 3.05) is 25.0 Å². The largest absolute Gasteiger partial charge is 0.362 e. The van der Waals surface area contributed by atoms with Crippen molar-refractivity contribution >= 4 is 33.9 Å². The highest BCUT2D eigenvalue weighted by molar-refractivity contribution is 7.80. The maximum atomic E-state index is 5.38. The maximum absolute atomic E-state index is 5.38. The van der Waals surface area contributed by atoms with E-state index in [0.29, 0.717) is 17.1 Å². The highest BCUT2D eigenvalue weighted by Crippen LogP contribution is 2.35. The number of likely N-dealkylation sites (tertiary alicyclic amines) is 1. The third kappa shape index (κ3) is 5.02. The lowest BCUT2D eigenvalue weighted by atomic mass is 9.88. The second kappa shape index (κ2) is 9.56. The molecule has 1 aromatic carbocycles. The van der Waals surface area contributed by atoms with E-state index in [4.69, 9.17) is 12.2 Å². The summed E-state index contributed by atoms with van der Waals surface area (Å²) in [6.45, 7) is 10.1. The first-order valence-corrected chi connectivity index (χ1v) is 10.9. The van der Waals surface area contributed by atoms with Crippen LogP contribution in [0.3, 0.4) is 0 Å². The lowest BCUT2D eigenvalue weighted by Crippen LogP contribution is -2.39. The van der Waals surface area contributed by atoms with Crippen molar-refractivity contribution in [3.8, 4) is 0 Å². The molecule has 27 heavy (non-hydrogen) atoms. The number of nitrogens with zero attached hydrogens (tertiary/aromatic N) is 1. The smallest absolute Gasteiger partial charge is 0.170 e. The van der Waals surface area contributed by atoms with Crippen molar-refractivity contribution in [1.82, 2.24) is 15.2 Å². The van der Waals surface area contributed by atoms with E-state index >= 15 is 0 Å². The Balaban J connectivity index is 1.68. The first-order valence-electron chi connectivity index (χ1n) is 10.5. The minimum absolute atomic E-state index is 0.643. The summed E-state index contributed by atoms with van der Waals surface area (Å²) in [5.41, 5.74) is 3.74. The van der Waals surface area contributed by atoms with Gasteiger partial charge in [-0.1, -0.05) is 20.3 Å². The van der Waals surface area contributed by atoms with Crippen LogP contribution in [-0.2, 0) is 0 Å². The molecule has 0 radical (unpaired) electrons. The molecule has 0 aliphatic carbocycles. The van der Waals surface area contributed by atoms with Crippen LogP contribution in [-0.4, -0.2) is 40.7 Å².